The third kappa shape index (κ3) is 3.20. The third-order valence-corrected chi connectivity index (χ3v) is 4.39. The lowest BCUT2D eigenvalue weighted by molar-refractivity contribution is 0.0750. The summed E-state index contributed by atoms with van der Waals surface area (Å²) < 4.78 is 1.78. The Balaban J connectivity index is 1.54. The van der Waals surface area contributed by atoms with Gasteiger partial charge in [0.15, 0.2) is 0 Å². The van der Waals surface area contributed by atoms with E-state index in [1.54, 1.807) is 17.2 Å². The van der Waals surface area contributed by atoms with E-state index in [4.69, 9.17) is 0 Å². The Kier molecular flexibility index (Phi) is 4.20. The van der Waals surface area contributed by atoms with Crippen LogP contribution in [0.15, 0.2) is 43.1 Å². The molecule has 0 bridgehead atoms. The van der Waals surface area contributed by atoms with Crippen molar-refractivity contribution in [2.45, 2.75) is 33.4 Å². The maximum atomic E-state index is 12.9. The van der Waals surface area contributed by atoms with Crippen LogP contribution in [0.2, 0.25) is 0 Å². The van der Waals surface area contributed by atoms with E-state index < -0.39 is 0 Å². The summed E-state index contributed by atoms with van der Waals surface area (Å²) in [5.41, 5.74) is 3.48. The van der Waals surface area contributed by atoms with Crippen molar-refractivity contribution in [3.8, 4) is 5.69 Å². The van der Waals surface area contributed by atoms with Gasteiger partial charge >= 0.3 is 0 Å². The first-order chi connectivity index (χ1) is 12.6. The number of aromatic nitrogens is 5. The zero-order valence-corrected chi connectivity index (χ0v) is 14.8. The smallest absolute Gasteiger partial charge is 0.254 e. The fourth-order valence-electron chi connectivity index (χ4n) is 3.12. The number of hydrogen-bond acceptors (Lipinski definition) is 5. The summed E-state index contributed by atoms with van der Waals surface area (Å²) in [6, 6.07) is 7.47. The SMILES string of the molecule is CC(C)Cc1ncc2c(n1)CN(C(=O)c1cccc(-n3cnnc3)c1)C2. The molecule has 0 unspecified atom stereocenters. The molecule has 3 heterocycles. The van der Waals surface area contributed by atoms with Crippen LogP contribution >= 0.6 is 0 Å². The zero-order chi connectivity index (χ0) is 18.1. The number of fused-ring (bicyclic) bond motifs is 1. The summed E-state index contributed by atoms with van der Waals surface area (Å²) in [5, 5.41) is 7.62. The van der Waals surface area contributed by atoms with E-state index in [-0.39, 0.29) is 5.91 Å². The number of nitrogens with zero attached hydrogens (tertiary/aromatic N) is 6. The van der Waals surface area contributed by atoms with Crippen molar-refractivity contribution in [1.82, 2.24) is 29.6 Å². The van der Waals surface area contributed by atoms with Crippen LogP contribution in [0.25, 0.3) is 5.69 Å². The van der Waals surface area contributed by atoms with Crippen LogP contribution in [0.5, 0.6) is 0 Å². The third-order valence-electron chi connectivity index (χ3n) is 4.39. The molecule has 0 saturated heterocycles. The van der Waals surface area contributed by atoms with Gasteiger partial charge in [0, 0.05) is 36.0 Å². The Morgan fingerprint density at radius 2 is 2.00 bits per heavy atom. The summed E-state index contributed by atoms with van der Waals surface area (Å²) >= 11 is 0. The van der Waals surface area contributed by atoms with Crippen LogP contribution in [-0.2, 0) is 19.5 Å². The molecule has 2 aromatic heterocycles. The lowest BCUT2D eigenvalue weighted by Crippen LogP contribution is -2.25. The molecule has 3 aromatic rings. The van der Waals surface area contributed by atoms with Crippen LogP contribution in [0, 0.1) is 5.92 Å². The molecule has 0 radical (unpaired) electrons. The Morgan fingerprint density at radius 1 is 1.19 bits per heavy atom. The van der Waals surface area contributed by atoms with Gasteiger partial charge in [-0.2, -0.15) is 0 Å². The summed E-state index contributed by atoms with van der Waals surface area (Å²) in [7, 11) is 0. The molecule has 0 atom stereocenters. The molecule has 1 amide bonds. The minimum absolute atomic E-state index is 0.0108. The first kappa shape index (κ1) is 16.4. The second kappa shape index (κ2) is 6.67. The molecule has 4 rings (SSSR count). The van der Waals surface area contributed by atoms with Gasteiger partial charge in [-0.1, -0.05) is 19.9 Å². The number of amides is 1. The van der Waals surface area contributed by atoms with E-state index in [0.29, 0.717) is 24.6 Å². The highest BCUT2D eigenvalue weighted by atomic mass is 16.2. The number of carbonyl (C=O) groups excluding carboxylic acids is 1. The molecule has 26 heavy (non-hydrogen) atoms. The van der Waals surface area contributed by atoms with Gasteiger partial charge in [-0.25, -0.2) is 9.97 Å². The lowest BCUT2D eigenvalue weighted by atomic mass is 10.1. The van der Waals surface area contributed by atoms with Crippen LogP contribution in [-0.4, -0.2) is 35.5 Å². The van der Waals surface area contributed by atoms with Crippen LogP contribution in [0.3, 0.4) is 0 Å². The Morgan fingerprint density at radius 3 is 2.77 bits per heavy atom. The number of hydrogen-bond donors (Lipinski definition) is 0. The molecule has 0 saturated carbocycles. The molecule has 1 aliphatic heterocycles. The fourth-order valence-corrected chi connectivity index (χ4v) is 3.12. The van der Waals surface area contributed by atoms with E-state index in [9.17, 15) is 4.79 Å². The van der Waals surface area contributed by atoms with Gasteiger partial charge in [0.05, 0.1) is 12.2 Å². The first-order valence-electron chi connectivity index (χ1n) is 8.68. The predicted molar refractivity (Wildman–Crippen MR) is 95.5 cm³/mol. The molecule has 1 aliphatic rings. The Hall–Kier alpha value is -3.09. The number of benzene rings is 1. The predicted octanol–water partition coefficient (Wildman–Crippen LogP) is 2.41. The normalized spacial score (nSPS) is 13.3. The van der Waals surface area contributed by atoms with Crippen molar-refractivity contribution in [2.24, 2.45) is 5.92 Å². The second-order valence-corrected chi connectivity index (χ2v) is 6.94. The van der Waals surface area contributed by atoms with E-state index in [2.05, 4.69) is 34.0 Å². The van der Waals surface area contributed by atoms with Gasteiger partial charge in [0.1, 0.15) is 18.5 Å². The monoisotopic (exact) mass is 348 g/mol. The van der Waals surface area contributed by atoms with Gasteiger partial charge in [-0.15, -0.1) is 10.2 Å². The van der Waals surface area contributed by atoms with Gasteiger partial charge in [0.2, 0.25) is 0 Å². The molecule has 132 valence electrons. The van der Waals surface area contributed by atoms with Crippen molar-refractivity contribution in [3.05, 3.63) is 65.8 Å². The molecule has 1 aromatic carbocycles. The van der Waals surface area contributed by atoms with Gasteiger partial charge in [0.25, 0.3) is 5.91 Å². The standard InChI is InChI=1S/C19H20N6O/c1-13(2)6-18-20-8-15-9-24(10-17(15)23-18)19(26)14-4-3-5-16(7-14)25-11-21-22-12-25/h3-5,7-8,11-13H,6,9-10H2,1-2H3. The minimum atomic E-state index is -0.0108. The van der Waals surface area contributed by atoms with Gasteiger partial charge < -0.3 is 4.90 Å². The summed E-state index contributed by atoms with van der Waals surface area (Å²) in [6.45, 7) is 5.37. The Bertz CT molecular complexity index is 935. The average Bonchev–Trinajstić information content (AvgIpc) is 3.30. The van der Waals surface area contributed by atoms with E-state index in [0.717, 1.165) is 29.2 Å². The minimum Gasteiger partial charge on any atom is -0.328 e. The zero-order valence-electron chi connectivity index (χ0n) is 14.8. The molecular weight excluding hydrogens is 328 g/mol. The van der Waals surface area contributed by atoms with Crippen molar-refractivity contribution in [3.63, 3.8) is 0 Å². The van der Waals surface area contributed by atoms with Crippen LogP contribution < -0.4 is 0 Å². The summed E-state index contributed by atoms with van der Waals surface area (Å²) in [5.74, 6) is 1.35. The van der Waals surface area contributed by atoms with Gasteiger partial charge in [-0.05, 0) is 24.1 Å². The summed E-state index contributed by atoms with van der Waals surface area (Å²) in [6.07, 6.45) is 5.94. The molecule has 7 nitrogen and oxygen atoms in total. The highest BCUT2D eigenvalue weighted by Crippen LogP contribution is 2.23. The highest BCUT2D eigenvalue weighted by molar-refractivity contribution is 5.95. The van der Waals surface area contributed by atoms with E-state index in [1.807, 2.05) is 35.4 Å². The average molecular weight is 348 g/mol. The fraction of sp³-hybridized carbons (Fsp3) is 0.316. The quantitative estimate of drug-likeness (QED) is 0.724. The van der Waals surface area contributed by atoms with Crippen molar-refractivity contribution in [1.29, 1.82) is 0 Å². The molecule has 0 fully saturated rings. The van der Waals surface area contributed by atoms with E-state index in [1.165, 1.54) is 0 Å². The number of carbonyl (C=O) groups is 1. The lowest BCUT2D eigenvalue weighted by Gasteiger charge is -2.15. The van der Waals surface area contributed by atoms with Gasteiger partial charge in [-0.3, -0.25) is 9.36 Å². The molecule has 0 aliphatic carbocycles. The molecular formula is C19H20N6O. The summed E-state index contributed by atoms with van der Waals surface area (Å²) in [4.78, 5) is 23.8. The largest absolute Gasteiger partial charge is 0.328 e. The van der Waals surface area contributed by atoms with Crippen molar-refractivity contribution in [2.75, 3.05) is 0 Å². The topological polar surface area (TPSA) is 76.8 Å². The molecule has 0 spiro atoms. The van der Waals surface area contributed by atoms with E-state index >= 15 is 0 Å². The molecule has 0 N–H and O–H groups in total. The maximum absolute atomic E-state index is 12.9. The first-order valence-corrected chi connectivity index (χ1v) is 8.68. The Labute approximate surface area is 151 Å². The van der Waals surface area contributed by atoms with Crippen molar-refractivity contribution < 1.29 is 4.79 Å². The number of rotatable bonds is 4. The van der Waals surface area contributed by atoms with Crippen LogP contribution in [0.4, 0.5) is 0 Å². The maximum Gasteiger partial charge on any atom is 0.254 e. The highest BCUT2D eigenvalue weighted by Gasteiger charge is 2.26. The van der Waals surface area contributed by atoms with Crippen LogP contribution in [0.1, 0.15) is 41.3 Å². The molecule has 7 heteroatoms. The van der Waals surface area contributed by atoms with Crippen molar-refractivity contribution >= 4 is 5.91 Å². The second-order valence-electron chi connectivity index (χ2n) is 6.94.